The minimum atomic E-state index is -0.335. The van der Waals surface area contributed by atoms with Gasteiger partial charge in [-0.15, -0.1) is 0 Å². The van der Waals surface area contributed by atoms with Crippen molar-refractivity contribution >= 4 is 23.3 Å². The Balaban J connectivity index is 2.11. The number of anilines is 2. The SMILES string of the molecule is CC(=O)N(CC(=O)Nc1cc(C)on1)c1ccc(C(C)(C)C)cc1. The van der Waals surface area contributed by atoms with Crippen molar-refractivity contribution in [2.45, 2.75) is 40.0 Å². The molecule has 6 nitrogen and oxygen atoms in total. The van der Waals surface area contributed by atoms with E-state index in [0.717, 1.165) is 5.56 Å². The number of benzene rings is 1. The van der Waals surface area contributed by atoms with Crippen molar-refractivity contribution in [2.75, 3.05) is 16.8 Å². The van der Waals surface area contributed by atoms with Crippen LogP contribution in [0, 0.1) is 6.92 Å². The lowest BCUT2D eigenvalue weighted by Gasteiger charge is -2.23. The fourth-order valence-corrected chi connectivity index (χ4v) is 2.28. The predicted octanol–water partition coefficient (Wildman–Crippen LogP) is 3.27. The summed E-state index contributed by atoms with van der Waals surface area (Å²) < 4.78 is 4.90. The summed E-state index contributed by atoms with van der Waals surface area (Å²) in [6.07, 6.45) is 0. The van der Waals surface area contributed by atoms with Gasteiger partial charge in [-0.3, -0.25) is 9.59 Å². The van der Waals surface area contributed by atoms with Crippen LogP contribution in [0.3, 0.4) is 0 Å². The van der Waals surface area contributed by atoms with Crippen LogP contribution in [-0.2, 0) is 15.0 Å². The molecule has 0 fully saturated rings. The number of rotatable bonds is 4. The zero-order chi connectivity index (χ0) is 17.9. The number of hydrogen-bond acceptors (Lipinski definition) is 4. The molecule has 1 N–H and O–H groups in total. The van der Waals surface area contributed by atoms with Crippen molar-refractivity contribution in [2.24, 2.45) is 0 Å². The van der Waals surface area contributed by atoms with Crippen LogP contribution in [0.25, 0.3) is 0 Å². The number of carbonyl (C=O) groups excluding carboxylic acids is 2. The van der Waals surface area contributed by atoms with Crippen LogP contribution >= 0.6 is 0 Å². The summed E-state index contributed by atoms with van der Waals surface area (Å²) in [5.41, 5.74) is 1.88. The molecule has 0 aliphatic rings. The maximum atomic E-state index is 12.1. The van der Waals surface area contributed by atoms with Crippen LogP contribution in [0.5, 0.6) is 0 Å². The molecule has 0 radical (unpaired) electrons. The predicted molar refractivity (Wildman–Crippen MR) is 93.0 cm³/mol. The van der Waals surface area contributed by atoms with E-state index in [1.165, 1.54) is 11.8 Å². The summed E-state index contributed by atoms with van der Waals surface area (Å²) in [4.78, 5) is 25.5. The maximum absolute atomic E-state index is 12.1. The number of amides is 2. The Morgan fingerprint density at radius 2 is 1.83 bits per heavy atom. The molecule has 24 heavy (non-hydrogen) atoms. The van der Waals surface area contributed by atoms with E-state index >= 15 is 0 Å². The highest BCUT2D eigenvalue weighted by atomic mass is 16.5. The summed E-state index contributed by atoms with van der Waals surface area (Å²) in [5, 5.41) is 6.32. The second-order valence-electron chi connectivity index (χ2n) is 6.77. The van der Waals surface area contributed by atoms with Gasteiger partial charge in [0.2, 0.25) is 11.8 Å². The van der Waals surface area contributed by atoms with Crippen molar-refractivity contribution in [3.05, 3.63) is 41.7 Å². The highest BCUT2D eigenvalue weighted by molar-refractivity contribution is 6.01. The third-order valence-electron chi connectivity index (χ3n) is 3.62. The molecule has 0 aliphatic heterocycles. The van der Waals surface area contributed by atoms with Crippen molar-refractivity contribution in [3.63, 3.8) is 0 Å². The van der Waals surface area contributed by atoms with Crippen molar-refractivity contribution < 1.29 is 14.1 Å². The van der Waals surface area contributed by atoms with Gasteiger partial charge in [0.25, 0.3) is 0 Å². The third kappa shape index (κ3) is 4.44. The Morgan fingerprint density at radius 1 is 1.21 bits per heavy atom. The van der Waals surface area contributed by atoms with E-state index in [2.05, 4.69) is 31.2 Å². The number of aromatic nitrogens is 1. The topological polar surface area (TPSA) is 75.4 Å². The molecule has 2 rings (SSSR count). The molecule has 0 saturated heterocycles. The quantitative estimate of drug-likeness (QED) is 0.934. The molecular weight excluding hydrogens is 306 g/mol. The molecular formula is C18H23N3O3. The van der Waals surface area contributed by atoms with Gasteiger partial charge in [-0.25, -0.2) is 0 Å². The average molecular weight is 329 g/mol. The van der Waals surface area contributed by atoms with E-state index in [-0.39, 0.29) is 23.8 Å². The third-order valence-corrected chi connectivity index (χ3v) is 3.62. The van der Waals surface area contributed by atoms with E-state index in [4.69, 9.17) is 4.52 Å². The molecule has 2 aromatic rings. The van der Waals surface area contributed by atoms with Crippen LogP contribution in [0.1, 0.15) is 39.0 Å². The van der Waals surface area contributed by atoms with Crippen LogP contribution < -0.4 is 10.2 Å². The Labute approximate surface area is 141 Å². The van der Waals surface area contributed by atoms with Gasteiger partial charge in [0.1, 0.15) is 12.3 Å². The first-order valence-corrected chi connectivity index (χ1v) is 7.78. The Bertz CT molecular complexity index is 727. The van der Waals surface area contributed by atoms with E-state index in [0.29, 0.717) is 17.3 Å². The lowest BCUT2D eigenvalue weighted by Crippen LogP contribution is -2.36. The van der Waals surface area contributed by atoms with Gasteiger partial charge in [-0.2, -0.15) is 0 Å². The minimum absolute atomic E-state index is 0.0295. The van der Waals surface area contributed by atoms with Crippen molar-refractivity contribution in [1.82, 2.24) is 5.16 Å². The lowest BCUT2D eigenvalue weighted by atomic mass is 9.87. The van der Waals surface area contributed by atoms with Crippen molar-refractivity contribution in [3.8, 4) is 0 Å². The van der Waals surface area contributed by atoms with Crippen LogP contribution in [0.2, 0.25) is 0 Å². The Hall–Kier alpha value is -2.63. The molecule has 6 heteroatoms. The van der Waals surface area contributed by atoms with Gasteiger partial charge in [0.05, 0.1) is 0 Å². The zero-order valence-electron chi connectivity index (χ0n) is 14.7. The summed E-state index contributed by atoms with van der Waals surface area (Å²) in [6, 6.07) is 9.29. The molecule has 128 valence electrons. The summed E-state index contributed by atoms with van der Waals surface area (Å²) in [7, 11) is 0. The first-order valence-electron chi connectivity index (χ1n) is 7.78. The van der Waals surface area contributed by atoms with E-state index < -0.39 is 0 Å². The monoisotopic (exact) mass is 329 g/mol. The minimum Gasteiger partial charge on any atom is -0.360 e. The second kappa shape index (κ2) is 6.86. The van der Waals surface area contributed by atoms with Gasteiger partial charge >= 0.3 is 0 Å². The maximum Gasteiger partial charge on any atom is 0.245 e. The molecule has 2 amide bonds. The average Bonchev–Trinajstić information content (AvgIpc) is 2.89. The first-order chi connectivity index (χ1) is 11.2. The standard InChI is InChI=1S/C18H23N3O3/c1-12-10-16(20-24-12)19-17(23)11-21(13(2)22)15-8-6-14(7-9-15)18(3,4)5/h6-10H,11H2,1-5H3,(H,19,20,23). The number of nitrogens with zero attached hydrogens (tertiary/aromatic N) is 2. The number of nitrogens with one attached hydrogen (secondary N) is 1. The zero-order valence-corrected chi connectivity index (χ0v) is 14.7. The molecule has 0 bridgehead atoms. The molecule has 0 aliphatic carbocycles. The van der Waals surface area contributed by atoms with Crippen LogP contribution in [0.15, 0.2) is 34.9 Å². The lowest BCUT2D eigenvalue weighted by molar-refractivity contribution is -0.120. The largest absolute Gasteiger partial charge is 0.360 e. The fraction of sp³-hybridized carbons (Fsp3) is 0.389. The Kier molecular flexibility index (Phi) is 5.07. The normalized spacial score (nSPS) is 11.2. The molecule has 1 heterocycles. The van der Waals surface area contributed by atoms with E-state index in [9.17, 15) is 9.59 Å². The first kappa shape index (κ1) is 17.7. The summed E-state index contributed by atoms with van der Waals surface area (Å²) in [5.74, 6) is 0.402. The summed E-state index contributed by atoms with van der Waals surface area (Å²) >= 11 is 0. The van der Waals surface area contributed by atoms with Gasteiger partial charge in [0.15, 0.2) is 5.82 Å². The highest BCUT2D eigenvalue weighted by Gasteiger charge is 2.18. The summed E-state index contributed by atoms with van der Waals surface area (Å²) in [6.45, 7) is 9.46. The van der Waals surface area contributed by atoms with Gasteiger partial charge in [-0.1, -0.05) is 38.1 Å². The smallest absolute Gasteiger partial charge is 0.245 e. The molecule has 1 aromatic heterocycles. The van der Waals surface area contributed by atoms with E-state index in [1.54, 1.807) is 13.0 Å². The fourth-order valence-electron chi connectivity index (χ4n) is 2.28. The molecule has 0 unspecified atom stereocenters. The molecule has 1 aromatic carbocycles. The van der Waals surface area contributed by atoms with E-state index in [1.807, 2.05) is 24.3 Å². The molecule has 0 atom stereocenters. The molecule has 0 saturated carbocycles. The van der Waals surface area contributed by atoms with Gasteiger partial charge in [-0.05, 0) is 30.0 Å². The van der Waals surface area contributed by atoms with Crippen LogP contribution in [0.4, 0.5) is 11.5 Å². The highest BCUT2D eigenvalue weighted by Crippen LogP contribution is 2.25. The number of hydrogen-bond donors (Lipinski definition) is 1. The number of aryl methyl sites for hydroxylation is 1. The molecule has 0 spiro atoms. The van der Waals surface area contributed by atoms with Crippen molar-refractivity contribution in [1.29, 1.82) is 0 Å². The van der Waals surface area contributed by atoms with Gasteiger partial charge in [0, 0.05) is 18.7 Å². The van der Waals surface area contributed by atoms with Crippen LogP contribution in [-0.4, -0.2) is 23.5 Å². The Morgan fingerprint density at radius 3 is 2.29 bits per heavy atom. The number of carbonyl (C=O) groups is 2. The van der Waals surface area contributed by atoms with Gasteiger partial charge < -0.3 is 14.7 Å². The second-order valence-corrected chi connectivity index (χ2v) is 6.77.